The molecule has 3 N–H and O–H groups in total. The van der Waals surface area contributed by atoms with Crippen LogP contribution in [0.5, 0.6) is 0 Å². The largest absolute Gasteiger partial charge is 0.389 e. The second-order valence-corrected chi connectivity index (χ2v) is 6.68. The number of aliphatic hydroxyl groups is 1. The minimum Gasteiger partial charge on any atom is -0.389 e. The Balaban J connectivity index is 1.52. The second-order valence-electron chi connectivity index (χ2n) is 6.68. The lowest BCUT2D eigenvalue weighted by molar-refractivity contribution is 0.0336. The molecule has 2 amide bonds. The summed E-state index contributed by atoms with van der Waals surface area (Å²) in [6, 6.07) is 0.0166. The van der Waals surface area contributed by atoms with Crippen LogP contribution >= 0.6 is 0 Å². The highest BCUT2D eigenvalue weighted by Crippen LogP contribution is 2.28. The van der Waals surface area contributed by atoms with E-state index >= 15 is 0 Å². The minimum atomic E-state index is -0.625. The van der Waals surface area contributed by atoms with Gasteiger partial charge in [-0.1, -0.05) is 19.3 Å². The van der Waals surface area contributed by atoms with Crippen molar-refractivity contribution < 1.29 is 14.6 Å². The van der Waals surface area contributed by atoms with Crippen LogP contribution in [0.4, 0.5) is 4.79 Å². The van der Waals surface area contributed by atoms with Gasteiger partial charge in [0.05, 0.1) is 12.7 Å². The van der Waals surface area contributed by atoms with E-state index in [1.54, 1.807) is 0 Å². The first kappa shape index (κ1) is 16.6. The maximum absolute atomic E-state index is 11.8. The van der Waals surface area contributed by atoms with Gasteiger partial charge in [-0.3, -0.25) is 0 Å². The summed E-state index contributed by atoms with van der Waals surface area (Å²) < 4.78 is 5.41. The van der Waals surface area contributed by atoms with Crippen molar-refractivity contribution in [2.75, 3.05) is 19.8 Å². The molecular weight excluding hydrogens is 268 g/mol. The Morgan fingerprint density at radius 2 is 1.95 bits per heavy atom. The molecule has 2 saturated carbocycles. The Labute approximate surface area is 127 Å². The van der Waals surface area contributed by atoms with Gasteiger partial charge in [0.15, 0.2) is 0 Å². The van der Waals surface area contributed by atoms with Crippen molar-refractivity contribution in [2.45, 2.75) is 64.0 Å². The molecule has 2 atom stereocenters. The van der Waals surface area contributed by atoms with Crippen LogP contribution in [-0.2, 0) is 4.74 Å². The summed E-state index contributed by atoms with van der Waals surface area (Å²) >= 11 is 0. The van der Waals surface area contributed by atoms with E-state index in [0.29, 0.717) is 18.4 Å². The number of nitrogens with one attached hydrogen (secondary N) is 2. The van der Waals surface area contributed by atoms with Crippen molar-refractivity contribution >= 4 is 6.03 Å². The van der Waals surface area contributed by atoms with Gasteiger partial charge in [0, 0.05) is 19.2 Å². The van der Waals surface area contributed by atoms with Gasteiger partial charge in [-0.25, -0.2) is 4.79 Å². The molecule has 0 saturated heterocycles. The number of carbonyl (C=O) groups excluding carboxylic acids is 1. The maximum Gasteiger partial charge on any atom is 0.315 e. The summed E-state index contributed by atoms with van der Waals surface area (Å²) in [5, 5.41) is 15.5. The molecule has 0 spiro atoms. The zero-order valence-corrected chi connectivity index (χ0v) is 13.1. The minimum absolute atomic E-state index is 0.186. The predicted octanol–water partition coefficient (Wildman–Crippen LogP) is 2.04. The summed E-state index contributed by atoms with van der Waals surface area (Å²) in [7, 11) is 0. The highest BCUT2D eigenvalue weighted by Gasteiger charge is 2.22. The van der Waals surface area contributed by atoms with Crippen molar-refractivity contribution in [1.29, 1.82) is 0 Å². The third-order valence-electron chi connectivity index (χ3n) is 4.57. The number of amides is 2. The molecule has 2 fully saturated rings. The summed E-state index contributed by atoms with van der Waals surface area (Å²) in [5.41, 5.74) is 0. The van der Waals surface area contributed by atoms with Crippen molar-refractivity contribution in [3.05, 3.63) is 0 Å². The number of hydrogen-bond donors (Lipinski definition) is 3. The van der Waals surface area contributed by atoms with Gasteiger partial charge >= 0.3 is 6.03 Å². The van der Waals surface area contributed by atoms with E-state index in [9.17, 15) is 9.90 Å². The Morgan fingerprint density at radius 1 is 1.24 bits per heavy atom. The second kappa shape index (κ2) is 8.59. The topological polar surface area (TPSA) is 70.6 Å². The third kappa shape index (κ3) is 6.66. The van der Waals surface area contributed by atoms with E-state index in [0.717, 1.165) is 6.61 Å². The summed E-state index contributed by atoms with van der Waals surface area (Å²) in [6.07, 6.45) is 8.15. The molecule has 0 aromatic heterocycles. The predicted molar refractivity (Wildman–Crippen MR) is 82.1 cm³/mol. The quantitative estimate of drug-likeness (QED) is 0.642. The van der Waals surface area contributed by atoms with Crippen molar-refractivity contribution in [3.8, 4) is 0 Å². The first-order valence-corrected chi connectivity index (χ1v) is 8.45. The van der Waals surface area contributed by atoms with E-state index in [1.807, 2.05) is 0 Å². The molecular formula is C16H30N2O3. The lowest BCUT2D eigenvalue weighted by Gasteiger charge is -2.28. The Hall–Kier alpha value is -0.810. The van der Waals surface area contributed by atoms with Crippen molar-refractivity contribution in [2.24, 2.45) is 11.8 Å². The van der Waals surface area contributed by atoms with Crippen LogP contribution in [-0.4, -0.2) is 43.0 Å². The highest BCUT2D eigenvalue weighted by molar-refractivity contribution is 5.74. The molecule has 2 aliphatic carbocycles. The van der Waals surface area contributed by atoms with E-state index < -0.39 is 6.10 Å². The number of rotatable bonds is 8. The molecule has 2 unspecified atom stereocenters. The number of urea groups is 1. The molecule has 0 radical (unpaired) electrons. The average Bonchev–Trinajstić information content (AvgIpc) is 3.30. The fraction of sp³-hybridized carbons (Fsp3) is 0.938. The Kier molecular flexibility index (Phi) is 6.77. The number of hydrogen-bond acceptors (Lipinski definition) is 3. The van der Waals surface area contributed by atoms with Crippen LogP contribution < -0.4 is 10.6 Å². The Bertz CT molecular complexity index is 315. The SMILES string of the molecule is CC(NC(=O)NCC(O)COCC1CC1)C1CCCCC1. The fourth-order valence-electron chi connectivity index (χ4n) is 2.93. The number of aliphatic hydroxyl groups excluding tert-OH is 1. The highest BCUT2D eigenvalue weighted by atomic mass is 16.5. The molecule has 0 aromatic carbocycles. The summed E-state index contributed by atoms with van der Waals surface area (Å²) in [5.74, 6) is 1.29. The zero-order chi connectivity index (χ0) is 15.1. The van der Waals surface area contributed by atoms with Crippen LogP contribution in [0.15, 0.2) is 0 Å². The van der Waals surface area contributed by atoms with Gasteiger partial charge in [-0.2, -0.15) is 0 Å². The van der Waals surface area contributed by atoms with Gasteiger partial charge in [-0.05, 0) is 44.4 Å². The fourth-order valence-corrected chi connectivity index (χ4v) is 2.93. The first-order chi connectivity index (χ1) is 10.1. The normalized spacial score (nSPS) is 22.6. The van der Waals surface area contributed by atoms with Gasteiger partial charge in [0.1, 0.15) is 0 Å². The van der Waals surface area contributed by atoms with E-state index in [-0.39, 0.29) is 18.6 Å². The van der Waals surface area contributed by atoms with Crippen molar-refractivity contribution in [1.82, 2.24) is 10.6 Å². The van der Waals surface area contributed by atoms with Gasteiger partial charge < -0.3 is 20.5 Å². The van der Waals surface area contributed by atoms with Gasteiger partial charge in [0.25, 0.3) is 0 Å². The smallest absolute Gasteiger partial charge is 0.315 e. The molecule has 0 aliphatic heterocycles. The van der Waals surface area contributed by atoms with Crippen LogP contribution in [0, 0.1) is 11.8 Å². The summed E-state index contributed by atoms with van der Waals surface area (Å²) in [4.78, 5) is 11.8. The third-order valence-corrected chi connectivity index (χ3v) is 4.57. The maximum atomic E-state index is 11.8. The lowest BCUT2D eigenvalue weighted by atomic mass is 9.85. The van der Waals surface area contributed by atoms with E-state index in [2.05, 4.69) is 17.6 Å². The average molecular weight is 298 g/mol. The Morgan fingerprint density at radius 3 is 2.62 bits per heavy atom. The molecule has 2 rings (SSSR count). The summed E-state index contributed by atoms with van der Waals surface area (Å²) in [6.45, 7) is 3.36. The first-order valence-electron chi connectivity index (χ1n) is 8.45. The van der Waals surface area contributed by atoms with Crippen LogP contribution in [0.1, 0.15) is 51.9 Å². The van der Waals surface area contributed by atoms with Gasteiger partial charge in [-0.15, -0.1) is 0 Å². The molecule has 5 nitrogen and oxygen atoms in total. The van der Waals surface area contributed by atoms with Crippen LogP contribution in [0.25, 0.3) is 0 Å². The lowest BCUT2D eigenvalue weighted by Crippen LogP contribution is -2.46. The van der Waals surface area contributed by atoms with Gasteiger partial charge in [0.2, 0.25) is 0 Å². The van der Waals surface area contributed by atoms with E-state index in [4.69, 9.17) is 4.74 Å². The number of carbonyl (C=O) groups is 1. The standard InChI is InChI=1S/C16H30N2O3/c1-12(14-5-3-2-4-6-14)18-16(20)17-9-15(19)11-21-10-13-7-8-13/h12-15,19H,2-11H2,1H3,(H2,17,18,20). The van der Waals surface area contributed by atoms with Crippen molar-refractivity contribution in [3.63, 3.8) is 0 Å². The van der Waals surface area contributed by atoms with Crippen LogP contribution in [0.2, 0.25) is 0 Å². The van der Waals surface area contributed by atoms with E-state index in [1.165, 1.54) is 44.9 Å². The molecule has 0 aromatic rings. The molecule has 122 valence electrons. The molecule has 5 heteroatoms. The molecule has 0 heterocycles. The molecule has 2 aliphatic rings. The monoisotopic (exact) mass is 298 g/mol. The molecule has 21 heavy (non-hydrogen) atoms. The number of ether oxygens (including phenoxy) is 1. The zero-order valence-electron chi connectivity index (χ0n) is 13.1. The molecule has 0 bridgehead atoms. The van der Waals surface area contributed by atoms with Crippen LogP contribution in [0.3, 0.4) is 0 Å².